The maximum Gasteiger partial charge on any atom is 0.320 e. The number of nitrogens with two attached hydrogens (primary N) is 1. The molecule has 0 radical (unpaired) electrons. The number of fused-ring (bicyclic) bond motifs is 1. The molecule has 6 aliphatic rings. The molecule has 5 saturated heterocycles. The summed E-state index contributed by atoms with van der Waals surface area (Å²) < 4.78 is 0. The van der Waals surface area contributed by atoms with Gasteiger partial charge in [0, 0.05) is 91.1 Å². The first-order chi connectivity index (χ1) is 29.0. The number of hydrogen-bond donors (Lipinski definition) is 3. The molecule has 60 heavy (non-hydrogen) atoms. The number of likely N-dealkylation sites (N-methyl/N-ethyl adjacent to an activating group) is 1. The van der Waals surface area contributed by atoms with E-state index in [9.17, 15) is 28.8 Å². The number of amides is 7. The number of piperidine rings is 2. The Kier molecular flexibility index (Phi) is 10.4. The molecule has 4 N–H and O–H groups in total. The summed E-state index contributed by atoms with van der Waals surface area (Å²) in [6.45, 7) is 8.82. The molecule has 2 aromatic heterocycles. The molecule has 1 aromatic carbocycles. The number of urea groups is 1. The Morgan fingerprint density at radius 1 is 0.817 bits per heavy atom. The maximum atomic E-state index is 13.4. The van der Waals surface area contributed by atoms with Crippen LogP contribution >= 0.6 is 0 Å². The first-order valence-corrected chi connectivity index (χ1v) is 20.7. The minimum absolute atomic E-state index is 0.0338. The lowest BCUT2D eigenvalue weighted by Crippen LogP contribution is -2.54. The zero-order valence-electron chi connectivity index (χ0n) is 33.6. The van der Waals surface area contributed by atoms with Gasteiger partial charge in [-0.05, 0) is 61.9 Å². The number of pyridine rings is 1. The monoisotopic (exact) mass is 819 g/mol. The molecular weight excluding hydrogens is 771 g/mol. The van der Waals surface area contributed by atoms with Crippen molar-refractivity contribution in [3.8, 4) is 0 Å². The van der Waals surface area contributed by atoms with Gasteiger partial charge >= 0.3 is 6.03 Å². The van der Waals surface area contributed by atoms with Crippen LogP contribution < -0.4 is 31.1 Å². The van der Waals surface area contributed by atoms with Crippen molar-refractivity contribution in [1.29, 1.82) is 0 Å². The number of anilines is 5. The number of carbonyl (C=O) groups excluding carboxylic acids is 6. The van der Waals surface area contributed by atoms with Crippen LogP contribution in [-0.4, -0.2) is 161 Å². The SMILES string of the molecule is CN1CCN([C@@H]2CCCN(c3cnc(C(N)=O)c(Nc4ccc(N5CCN(CC6CCN(c7ccc8c(c7)C(=O)N(C7CCC(=O)NC7=O)C8=O)C6)CC5)nc4)n3)C2)C1=O. The predicted molar refractivity (Wildman–Crippen MR) is 220 cm³/mol. The van der Waals surface area contributed by atoms with Gasteiger partial charge in [-0.1, -0.05) is 0 Å². The van der Waals surface area contributed by atoms with Gasteiger partial charge in [0.1, 0.15) is 17.7 Å². The fraction of sp³-hybridized carbons (Fsp3) is 0.488. The van der Waals surface area contributed by atoms with Crippen LogP contribution in [0.3, 0.4) is 0 Å². The van der Waals surface area contributed by atoms with Crippen LogP contribution in [0.4, 0.5) is 33.6 Å². The molecule has 6 aliphatic heterocycles. The maximum absolute atomic E-state index is 13.4. The van der Waals surface area contributed by atoms with Crippen LogP contribution in [-0.2, 0) is 9.59 Å². The highest BCUT2D eigenvalue weighted by Crippen LogP contribution is 2.33. The summed E-state index contributed by atoms with van der Waals surface area (Å²) in [6, 6.07) is 8.31. The van der Waals surface area contributed by atoms with Gasteiger partial charge < -0.3 is 35.6 Å². The summed E-state index contributed by atoms with van der Waals surface area (Å²) in [7, 11) is 1.82. The molecule has 0 aliphatic carbocycles. The summed E-state index contributed by atoms with van der Waals surface area (Å²) in [5, 5.41) is 5.46. The Labute approximate surface area is 346 Å². The zero-order valence-corrected chi connectivity index (χ0v) is 33.6. The summed E-state index contributed by atoms with van der Waals surface area (Å²) in [4.78, 5) is 103. The van der Waals surface area contributed by atoms with Crippen LogP contribution in [0.25, 0.3) is 0 Å². The number of primary amides is 1. The average Bonchev–Trinajstić information content (AvgIpc) is 3.93. The van der Waals surface area contributed by atoms with E-state index in [1.165, 1.54) is 0 Å². The number of carbonyl (C=O) groups is 6. The standard InChI is InChI=1S/C41H49N13O6/c1-48-13-18-53(41(48)60)28-3-2-11-52(24-28)33-21-44-35(36(42)56)37(46-33)45-26-4-8-32(43-20-26)50-16-14-49(15-17-50)22-25-10-12-51(23-25)27-5-6-29-30(19-27)40(59)54(39(29)58)31-7-9-34(55)47-38(31)57/h4-6,8,19-21,25,28,31H,2-3,7,9-18,22-24H2,1H3,(H2,42,56)(H,45,46)(H,47,55,57)/t25?,28-,31?/m1/s1. The van der Waals surface area contributed by atoms with E-state index in [0.29, 0.717) is 36.1 Å². The third-order valence-corrected chi connectivity index (χ3v) is 12.7. The predicted octanol–water partition coefficient (Wildman–Crippen LogP) is 1.10. The van der Waals surface area contributed by atoms with E-state index in [-0.39, 0.29) is 42.0 Å². The van der Waals surface area contributed by atoms with Gasteiger partial charge in [0.25, 0.3) is 17.7 Å². The second-order valence-electron chi connectivity index (χ2n) is 16.5. The van der Waals surface area contributed by atoms with E-state index in [1.54, 1.807) is 29.4 Å². The third kappa shape index (κ3) is 7.52. The highest BCUT2D eigenvalue weighted by atomic mass is 16.2. The van der Waals surface area contributed by atoms with Gasteiger partial charge in [-0.25, -0.2) is 19.7 Å². The number of piperazine rings is 1. The van der Waals surface area contributed by atoms with E-state index < -0.39 is 35.6 Å². The topological polar surface area (TPSA) is 214 Å². The fourth-order valence-corrected chi connectivity index (χ4v) is 9.40. The molecule has 0 spiro atoms. The molecule has 2 unspecified atom stereocenters. The molecule has 9 rings (SSSR count). The van der Waals surface area contributed by atoms with Gasteiger partial charge in [0.15, 0.2) is 11.5 Å². The first-order valence-electron chi connectivity index (χ1n) is 20.7. The second-order valence-corrected chi connectivity index (χ2v) is 16.5. The first kappa shape index (κ1) is 39.1. The second kappa shape index (κ2) is 16.0. The molecular formula is C41H49N13O6. The minimum atomic E-state index is -0.984. The van der Waals surface area contributed by atoms with Crippen molar-refractivity contribution in [3.05, 3.63) is 59.5 Å². The summed E-state index contributed by atoms with van der Waals surface area (Å²) in [5.41, 5.74) is 7.83. The van der Waals surface area contributed by atoms with Gasteiger partial charge in [-0.15, -0.1) is 0 Å². The molecule has 7 amide bonds. The van der Waals surface area contributed by atoms with Crippen molar-refractivity contribution < 1.29 is 28.8 Å². The lowest BCUT2D eigenvalue weighted by atomic mass is 10.0. The molecule has 19 nitrogen and oxygen atoms in total. The Morgan fingerprint density at radius 3 is 2.37 bits per heavy atom. The average molecular weight is 820 g/mol. The van der Waals surface area contributed by atoms with Crippen LogP contribution in [0.5, 0.6) is 0 Å². The number of hydrogen-bond acceptors (Lipinski definition) is 14. The van der Waals surface area contributed by atoms with Crippen LogP contribution in [0.15, 0.2) is 42.7 Å². The van der Waals surface area contributed by atoms with Crippen LogP contribution in [0.2, 0.25) is 0 Å². The van der Waals surface area contributed by atoms with Crippen molar-refractivity contribution in [2.24, 2.45) is 11.7 Å². The number of benzene rings is 1. The molecule has 19 heteroatoms. The lowest BCUT2D eigenvalue weighted by molar-refractivity contribution is -0.136. The van der Waals surface area contributed by atoms with Crippen molar-refractivity contribution in [2.45, 2.75) is 44.2 Å². The smallest absolute Gasteiger partial charge is 0.320 e. The van der Waals surface area contributed by atoms with Crippen LogP contribution in [0.1, 0.15) is 63.3 Å². The molecule has 8 heterocycles. The lowest BCUT2D eigenvalue weighted by Gasteiger charge is -2.37. The van der Waals surface area contributed by atoms with Gasteiger partial charge in [-0.2, -0.15) is 0 Å². The molecule has 3 aromatic rings. The Balaban J connectivity index is 0.771. The Bertz CT molecular complexity index is 2230. The van der Waals surface area contributed by atoms with Crippen molar-refractivity contribution in [2.75, 3.05) is 99.1 Å². The van der Waals surface area contributed by atoms with Gasteiger partial charge in [0.05, 0.1) is 35.2 Å². The molecule has 3 atom stereocenters. The molecule has 5 fully saturated rings. The summed E-state index contributed by atoms with van der Waals surface area (Å²) >= 11 is 0. The highest BCUT2D eigenvalue weighted by molar-refractivity contribution is 6.23. The van der Waals surface area contributed by atoms with E-state index in [1.807, 2.05) is 30.1 Å². The summed E-state index contributed by atoms with van der Waals surface area (Å²) in [5.74, 6) is -0.549. The largest absolute Gasteiger partial charge is 0.371 e. The number of aromatic nitrogens is 3. The highest BCUT2D eigenvalue weighted by Gasteiger charge is 2.45. The van der Waals surface area contributed by atoms with Crippen molar-refractivity contribution in [3.63, 3.8) is 0 Å². The van der Waals surface area contributed by atoms with Crippen molar-refractivity contribution >= 4 is 64.4 Å². The zero-order chi connectivity index (χ0) is 41.7. The molecule has 0 bridgehead atoms. The molecule has 0 saturated carbocycles. The number of imide groups is 2. The summed E-state index contributed by atoms with van der Waals surface area (Å²) in [6.07, 6.45) is 6.32. The Hall–Kier alpha value is -6.37. The minimum Gasteiger partial charge on any atom is -0.371 e. The molecule has 314 valence electrons. The number of nitrogens with zero attached hydrogens (tertiary/aromatic N) is 10. The quantitative estimate of drug-likeness (QED) is 0.245. The van der Waals surface area contributed by atoms with Crippen molar-refractivity contribution in [1.82, 2.24) is 39.9 Å². The van der Waals surface area contributed by atoms with E-state index in [2.05, 4.69) is 35.2 Å². The van der Waals surface area contributed by atoms with E-state index in [4.69, 9.17) is 15.7 Å². The number of nitrogens with one attached hydrogen (secondary N) is 2. The number of rotatable bonds is 10. The third-order valence-electron chi connectivity index (χ3n) is 12.7. The normalized spacial score (nSPS) is 23.8. The van der Waals surface area contributed by atoms with E-state index in [0.717, 1.165) is 94.6 Å². The van der Waals surface area contributed by atoms with Crippen LogP contribution in [0, 0.1) is 5.92 Å². The Morgan fingerprint density at radius 2 is 1.63 bits per heavy atom. The van der Waals surface area contributed by atoms with Gasteiger partial charge in [0.2, 0.25) is 11.8 Å². The fourth-order valence-electron chi connectivity index (χ4n) is 9.40. The van der Waals surface area contributed by atoms with E-state index >= 15 is 0 Å². The van der Waals surface area contributed by atoms with Gasteiger partial charge in [-0.3, -0.25) is 39.1 Å².